The molecule has 2 aliphatic rings. The van der Waals surface area contributed by atoms with Gasteiger partial charge in [-0.2, -0.15) is 0 Å². The number of carbonyl (C=O) groups excluding carboxylic acids is 1. The molecule has 0 spiro atoms. The minimum absolute atomic E-state index is 0.0388. The lowest BCUT2D eigenvalue weighted by Gasteiger charge is -2.28. The molecule has 0 fully saturated rings. The second kappa shape index (κ2) is 5.28. The number of rotatable bonds is 1. The van der Waals surface area contributed by atoms with Crippen molar-refractivity contribution in [2.45, 2.75) is 13.0 Å². The lowest BCUT2D eigenvalue weighted by atomic mass is 10.0. The molecule has 1 amide bonds. The van der Waals surface area contributed by atoms with Crippen LogP contribution in [0.4, 0.5) is 0 Å². The van der Waals surface area contributed by atoms with Gasteiger partial charge in [0.05, 0.1) is 0 Å². The van der Waals surface area contributed by atoms with E-state index >= 15 is 0 Å². The first-order valence-electron chi connectivity index (χ1n) is 8.46. The average Bonchev–Trinajstić information content (AvgIpc) is 3.24. The van der Waals surface area contributed by atoms with Crippen LogP contribution in [0, 0.1) is 0 Å². The molecule has 5 heteroatoms. The fourth-order valence-electron chi connectivity index (χ4n) is 3.92. The summed E-state index contributed by atoms with van der Waals surface area (Å²) in [5.41, 5.74) is 4.46. The zero-order valence-corrected chi connectivity index (χ0v) is 14.0. The molecule has 2 aliphatic heterocycles. The number of nitrogens with zero attached hydrogens (tertiary/aromatic N) is 2. The lowest BCUT2D eigenvalue weighted by Crippen LogP contribution is -2.36. The highest BCUT2D eigenvalue weighted by Gasteiger charge is 2.27. The normalized spacial score (nSPS) is 15.5. The van der Waals surface area contributed by atoms with Crippen molar-refractivity contribution in [2.75, 3.05) is 13.3 Å². The van der Waals surface area contributed by atoms with E-state index in [0.29, 0.717) is 23.6 Å². The number of ether oxygens (including phenoxy) is 2. The number of hydrogen-bond donors (Lipinski definition) is 0. The summed E-state index contributed by atoms with van der Waals surface area (Å²) in [6, 6.07) is 13.8. The Morgan fingerprint density at radius 2 is 1.92 bits per heavy atom. The van der Waals surface area contributed by atoms with E-state index in [-0.39, 0.29) is 12.7 Å². The molecule has 25 heavy (non-hydrogen) atoms. The standard InChI is InChI=1S/C20H18N2O3/c1-21-16-5-3-2-4-14(16)15-11-22(9-8-17(15)21)20(23)13-6-7-18-19(10-13)25-12-24-18/h2-7,10H,8-9,11-12H2,1H3. The Hall–Kier alpha value is -2.95. The molecule has 0 saturated heterocycles. The van der Waals surface area contributed by atoms with Gasteiger partial charge in [-0.15, -0.1) is 0 Å². The SMILES string of the molecule is Cn1c2c(c3ccccc31)CN(C(=O)c1ccc3c(c1)OCO3)CC2. The number of carbonyl (C=O) groups is 1. The maximum absolute atomic E-state index is 13.0. The molecule has 126 valence electrons. The van der Waals surface area contributed by atoms with Gasteiger partial charge in [0.2, 0.25) is 6.79 Å². The molecule has 0 unspecified atom stereocenters. The van der Waals surface area contributed by atoms with Gasteiger partial charge in [0, 0.05) is 54.3 Å². The van der Waals surface area contributed by atoms with Crippen LogP contribution in [0.15, 0.2) is 42.5 Å². The van der Waals surface area contributed by atoms with Crippen molar-refractivity contribution in [3.8, 4) is 11.5 Å². The lowest BCUT2D eigenvalue weighted by molar-refractivity contribution is 0.0734. The summed E-state index contributed by atoms with van der Waals surface area (Å²) in [5.74, 6) is 1.39. The number of benzene rings is 2. The molecule has 5 rings (SSSR count). The van der Waals surface area contributed by atoms with Crippen LogP contribution in [-0.4, -0.2) is 28.7 Å². The third-order valence-electron chi connectivity index (χ3n) is 5.22. The van der Waals surface area contributed by atoms with E-state index in [1.165, 1.54) is 22.2 Å². The van der Waals surface area contributed by atoms with Crippen LogP contribution in [0.25, 0.3) is 10.9 Å². The first kappa shape index (κ1) is 14.4. The third-order valence-corrected chi connectivity index (χ3v) is 5.22. The second-order valence-electron chi connectivity index (χ2n) is 6.55. The van der Waals surface area contributed by atoms with Gasteiger partial charge in [-0.25, -0.2) is 0 Å². The molecule has 0 N–H and O–H groups in total. The summed E-state index contributed by atoms with van der Waals surface area (Å²) in [4.78, 5) is 14.9. The number of aryl methyl sites for hydroxylation is 1. The Labute approximate surface area is 145 Å². The number of hydrogen-bond acceptors (Lipinski definition) is 3. The van der Waals surface area contributed by atoms with Gasteiger partial charge in [0.25, 0.3) is 5.91 Å². The Balaban J connectivity index is 1.49. The smallest absolute Gasteiger partial charge is 0.254 e. The van der Waals surface area contributed by atoms with E-state index in [4.69, 9.17) is 9.47 Å². The predicted molar refractivity (Wildman–Crippen MR) is 93.9 cm³/mol. The van der Waals surface area contributed by atoms with Gasteiger partial charge in [-0.05, 0) is 24.3 Å². The summed E-state index contributed by atoms with van der Waals surface area (Å²) < 4.78 is 13.0. The molecule has 0 radical (unpaired) electrons. The highest BCUT2D eigenvalue weighted by Crippen LogP contribution is 2.34. The van der Waals surface area contributed by atoms with Gasteiger partial charge in [0.1, 0.15) is 0 Å². The van der Waals surface area contributed by atoms with Gasteiger partial charge in [-0.3, -0.25) is 4.79 Å². The quantitative estimate of drug-likeness (QED) is 0.687. The Bertz CT molecular complexity index is 1010. The molecule has 0 saturated carbocycles. The Morgan fingerprint density at radius 3 is 2.84 bits per heavy atom. The van der Waals surface area contributed by atoms with Crippen molar-refractivity contribution in [1.29, 1.82) is 0 Å². The van der Waals surface area contributed by atoms with E-state index in [1.54, 1.807) is 6.07 Å². The van der Waals surface area contributed by atoms with Gasteiger partial charge < -0.3 is 18.9 Å². The molecule has 0 aliphatic carbocycles. The third kappa shape index (κ3) is 2.12. The first-order valence-corrected chi connectivity index (χ1v) is 8.46. The van der Waals surface area contributed by atoms with Gasteiger partial charge in [0.15, 0.2) is 11.5 Å². The zero-order valence-electron chi connectivity index (χ0n) is 14.0. The highest BCUT2D eigenvalue weighted by molar-refractivity contribution is 5.96. The topological polar surface area (TPSA) is 43.7 Å². The fraction of sp³-hybridized carbons (Fsp3) is 0.250. The molecule has 2 aromatic carbocycles. The van der Waals surface area contributed by atoms with Crippen LogP contribution < -0.4 is 9.47 Å². The van der Waals surface area contributed by atoms with Crippen molar-refractivity contribution in [2.24, 2.45) is 7.05 Å². The number of amides is 1. The first-order chi connectivity index (χ1) is 12.2. The summed E-state index contributed by atoms with van der Waals surface area (Å²) in [7, 11) is 2.11. The van der Waals surface area contributed by atoms with E-state index in [2.05, 4.69) is 35.9 Å². The van der Waals surface area contributed by atoms with E-state index < -0.39 is 0 Å². The van der Waals surface area contributed by atoms with Crippen LogP contribution in [0.5, 0.6) is 11.5 Å². The van der Waals surface area contributed by atoms with Crippen molar-refractivity contribution in [3.05, 3.63) is 59.3 Å². The minimum atomic E-state index is 0.0388. The fourth-order valence-corrected chi connectivity index (χ4v) is 3.92. The van der Waals surface area contributed by atoms with Crippen molar-refractivity contribution < 1.29 is 14.3 Å². The van der Waals surface area contributed by atoms with E-state index in [1.807, 2.05) is 17.0 Å². The Morgan fingerprint density at radius 1 is 1.08 bits per heavy atom. The summed E-state index contributed by atoms with van der Waals surface area (Å²) >= 11 is 0. The largest absolute Gasteiger partial charge is 0.454 e. The van der Waals surface area contributed by atoms with Gasteiger partial charge in [-0.1, -0.05) is 18.2 Å². The van der Waals surface area contributed by atoms with Crippen molar-refractivity contribution in [3.63, 3.8) is 0 Å². The zero-order chi connectivity index (χ0) is 17.0. The van der Waals surface area contributed by atoms with E-state index in [0.717, 1.165) is 13.0 Å². The van der Waals surface area contributed by atoms with Crippen LogP contribution in [0.1, 0.15) is 21.6 Å². The molecule has 5 nitrogen and oxygen atoms in total. The van der Waals surface area contributed by atoms with Crippen molar-refractivity contribution >= 4 is 16.8 Å². The highest BCUT2D eigenvalue weighted by atomic mass is 16.7. The second-order valence-corrected chi connectivity index (χ2v) is 6.55. The number of aromatic nitrogens is 1. The molecule has 3 aromatic rings. The molecular weight excluding hydrogens is 316 g/mol. The maximum Gasteiger partial charge on any atom is 0.254 e. The summed E-state index contributed by atoms with van der Waals surface area (Å²) in [6.07, 6.45) is 0.872. The summed E-state index contributed by atoms with van der Waals surface area (Å²) in [6.45, 7) is 1.59. The number of para-hydroxylation sites is 1. The molecule has 3 heterocycles. The van der Waals surface area contributed by atoms with Crippen LogP contribution >= 0.6 is 0 Å². The predicted octanol–water partition coefficient (Wildman–Crippen LogP) is 3.11. The molecule has 0 bridgehead atoms. The van der Waals surface area contributed by atoms with Crippen molar-refractivity contribution in [1.82, 2.24) is 9.47 Å². The average molecular weight is 334 g/mol. The Kier molecular flexibility index (Phi) is 3.04. The van der Waals surface area contributed by atoms with Crippen LogP contribution in [0.2, 0.25) is 0 Å². The molecule has 0 atom stereocenters. The minimum Gasteiger partial charge on any atom is -0.454 e. The molecular formula is C20H18N2O3. The van der Waals surface area contributed by atoms with Crippen LogP contribution in [-0.2, 0) is 20.0 Å². The van der Waals surface area contributed by atoms with Gasteiger partial charge >= 0.3 is 0 Å². The maximum atomic E-state index is 13.0. The van der Waals surface area contributed by atoms with Crippen LogP contribution in [0.3, 0.4) is 0 Å². The monoisotopic (exact) mass is 334 g/mol. The van der Waals surface area contributed by atoms with E-state index in [9.17, 15) is 4.79 Å². The number of fused-ring (bicyclic) bond motifs is 4. The molecule has 1 aromatic heterocycles. The summed E-state index contributed by atoms with van der Waals surface area (Å²) in [5, 5.41) is 1.24.